The molecule has 0 atom stereocenters. The van der Waals surface area contributed by atoms with E-state index in [9.17, 15) is 4.79 Å². The van der Waals surface area contributed by atoms with Gasteiger partial charge in [-0.15, -0.1) is 0 Å². The maximum atomic E-state index is 12.4. The summed E-state index contributed by atoms with van der Waals surface area (Å²) in [5, 5.41) is 3.03. The van der Waals surface area contributed by atoms with Crippen LogP contribution in [0.25, 0.3) is 6.08 Å². The van der Waals surface area contributed by atoms with Gasteiger partial charge in [0.15, 0.2) is 0 Å². The number of hydrogen-bond acceptors (Lipinski definition) is 5. The second kappa shape index (κ2) is 9.67. The van der Waals surface area contributed by atoms with E-state index in [0.29, 0.717) is 18.7 Å². The number of piperazine rings is 1. The van der Waals surface area contributed by atoms with E-state index >= 15 is 0 Å². The van der Waals surface area contributed by atoms with Gasteiger partial charge in [0.1, 0.15) is 18.1 Å². The molecule has 6 heteroatoms. The molecule has 2 aromatic carbocycles. The minimum Gasteiger partial charge on any atom is -0.497 e. The zero-order valence-electron chi connectivity index (χ0n) is 17.5. The van der Waals surface area contributed by atoms with Crippen molar-refractivity contribution >= 4 is 17.7 Å². The van der Waals surface area contributed by atoms with E-state index in [0.717, 1.165) is 56.2 Å². The molecule has 6 nitrogen and oxygen atoms in total. The van der Waals surface area contributed by atoms with Gasteiger partial charge in [-0.3, -0.25) is 9.69 Å². The van der Waals surface area contributed by atoms with E-state index in [1.165, 1.54) is 5.69 Å². The summed E-state index contributed by atoms with van der Waals surface area (Å²) in [5.74, 6) is 1.69. The molecule has 0 bridgehead atoms. The summed E-state index contributed by atoms with van der Waals surface area (Å²) < 4.78 is 10.9. The molecule has 0 unspecified atom stereocenters. The molecule has 0 spiro atoms. The molecule has 2 aliphatic rings. The lowest BCUT2D eigenvalue weighted by Gasteiger charge is -2.36. The van der Waals surface area contributed by atoms with Crippen LogP contribution in [0.15, 0.2) is 54.1 Å². The highest BCUT2D eigenvalue weighted by molar-refractivity contribution is 5.99. The molecule has 1 amide bonds. The van der Waals surface area contributed by atoms with E-state index in [2.05, 4.69) is 27.2 Å². The Morgan fingerprint density at radius 3 is 2.60 bits per heavy atom. The molecule has 1 N–H and O–H groups in total. The second-order valence-electron chi connectivity index (χ2n) is 7.63. The summed E-state index contributed by atoms with van der Waals surface area (Å²) in [6, 6.07) is 16.0. The molecule has 2 aliphatic heterocycles. The number of benzene rings is 2. The predicted molar refractivity (Wildman–Crippen MR) is 119 cm³/mol. The first-order valence-electron chi connectivity index (χ1n) is 10.5. The summed E-state index contributed by atoms with van der Waals surface area (Å²) in [7, 11) is 1.69. The van der Waals surface area contributed by atoms with Crippen molar-refractivity contribution < 1.29 is 14.3 Å². The van der Waals surface area contributed by atoms with Crippen LogP contribution in [0.5, 0.6) is 11.5 Å². The monoisotopic (exact) mass is 407 g/mol. The summed E-state index contributed by atoms with van der Waals surface area (Å²) in [5.41, 5.74) is 2.89. The van der Waals surface area contributed by atoms with Crippen molar-refractivity contribution in [2.45, 2.75) is 6.42 Å². The van der Waals surface area contributed by atoms with Crippen LogP contribution >= 0.6 is 0 Å². The lowest BCUT2D eigenvalue weighted by atomic mass is 10.1. The minimum atomic E-state index is -0.0335. The minimum absolute atomic E-state index is 0.0335. The molecule has 0 saturated carbocycles. The molecular formula is C24H29N3O3. The first-order valence-corrected chi connectivity index (χ1v) is 10.5. The molecule has 158 valence electrons. The van der Waals surface area contributed by atoms with Crippen molar-refractivity contribution in [3.05, 3.63) is 59.7 Å². The summed E-state index contributed by atoms with van der Waals surface area (Å²) >= 11 is 0. The highest BCUT2D eigenvalue weighted by Crippen LogP contribution is 2.25. The molecule has 30 heavy (non-hydrogen) atoms. The highest BCUT2D eigenvalue weighted by Gasteiger charge is 2.18. The number of methoxy groups -OCH3 is 1. The Kier molecular flexibility index (Phi) is 6.54. The molecule has 0 aromatic heterocycles. The third-order valence-electron chi connectivity index (χ3n) is 5.67. The summed E-state index contributed by atoms with van der Waals surface area (Å²) in [6.45, 7) is 6.11. The van der Waals surface area contributed by atoms with Crippen LogP contribution in [0.4, 0.5) is 5.69 Å². The zero-order valence-corrected chi connectivity index (χ0v) is 17.5. The number of fused-ring (bicyclic) bond motifs is 1. The van der Waals surface area contributed by atoms with Crippen LogP contribution in [0.3, 0.4) is 0 Å². The Bertz CT molecular complexity index is 887. The van der Waals surface area contributed by atoms with Crippen LogP contribution in [0.1, 0.15) is 12.0 Å². The molecule has 4 rings (SSSR count). The molecule has 2 heterocycles. The number of rotatable bonds is 7. The van der Waals surface area contributed by atoms with Gasteiger partial charge in [0.05, 0.1) is 12.7 Å². The number of ether oxygens (including phenoxy) is 2. The van der Waals surface area contributed by atoms with Crippen molar-refractivity contribution in [3.63, 3.8) is 0 Å². The fourth-order valence-electron chi connectivity index (χ4n) is 3.89. The number of carbonyl (C=O) groups excluding carboxylic acids is 1. The van der Waals surface area contributed by atoms with Gasteiger partial charge >= 0.3 is 0 Å². The smallest absolute Gasteiger partial charge is 0.250 e. The number of nitrogens with zero attached hydrogens (tertiary/aromatic N) is 2. The molecule has 0 radical (unpaired) electrons. The Labute approximate surface area is 178 Å². The van der Waals surface area contributed by atoms with Gasteiger partial charge in [-0.05, 0) is 49.4 Å². The third-order valence-corrected chi connectivity index (χ3v) is 5.67. The van der Waals surface area contributed by atoms with Crippen LogP contribution in [-0.4, -0.2) is 63.8 Å². The van der Waals surface area contributed by atoms with Crippen LogP contribution in [0, 0.1) is 0 Å². The van der Waals surface area contributed by atoms with Gasteiger partial charge in [0, 0.05) is 44.0 Å². The van der Waals surface area contributed by atoms with E-state index in [-0.39, 0.29) is 5.91 Å². The van der Waals surface area contributed by atoms with Crippen molar-refractivity contribution in [3.8, 4) is 11.5 Å². The molecule has 1 fully saturated rings. The van der Waals surface area contributed by atoms with Crippen LogP contribution in [-0.2, 0) is 4.79 Å². The number of para-hydroxylation sites is 1. The third kappa shape index (κ3) is 4.94. The number of hydrogen-bond donors (Lipinski definition) is 1. The topological polar surface area (TPSA) is 54.0 Å². The lowest BCUT2D eigenvalue weighted by molar-refractivity contribution is -0.117. The Hall–Kier alpha value is -2.99. The standard InChI is InChI=1S/C24H29N3O3/c1-29-22-9-7-21(8-10-22)27-15-13-26(14-16-27)12-4-11-25-24(28)20-17-19-5-2-3-6-23(19)30-18-20/h2-3,5-10,17H,4,11-16,18H2,1H3,(H,25,28). The first kappa shape index (κ1) is 20.3. The van der Waals surface area contributed by atoms with Gasteiger partial charge in [0.2, 0.25) is 0 Å². The van der Waals surface area contributed by atoms with Crippen molar-refractivity contribution in [2.24, 2.45) is 0 Å². The first-order chi connectivity index (χ1) is 14.7. The number of anilines is 1. The van der Waals surface area contributed by atoms with E-state index in [1.54, 1.807) is 7.11 Å². The highest BCUT2D eigenvalue weighted by atomic mass is 16.5. The quantitative estimate of drug-likeness (QED) is 0.716. The lowest BCUT2D eigenvalue weighted by Crippen LogP contribution is -2.47. The van der Waals surface area contributed by atoms with E-state index in [1.807, 2.05) is 42.5 Å². The number of nitrogens with one attached hydrogen (secondary N) is 1. The van der Waals surface area contributed by atoms with Gasteiger partial charge in [-0.2, -0.15) is 0 Å². The van der Waals surface area contributed by atoms with Crippen LogP contribution in [0.2, 0.25) is 0 Å². The Balaban J connectivity index is 1.16. The van der Waals surface area contributed by atoms with Gasteiger partial charge in [-0.1, -0.05) is 18.2 Å². The van der Waals surface area contributed by atoms with Gasteiger partial charge in [-0.25, -0.2) is 0 Å². The van der Waals surface area contributed by atoms with Gasteiger partial charge in [0.25, 0.3) is 5.91 Å². The molecular weight excluding hydrogens is 378 g/mol. The Morgan fingerprint density at radius 1 is 1.07 bits per heavy atom. The van der Waals surface area contributed by atoms with E-state index < -0.39 is 0 Å². The van der Waals surface area contributed by atoms with Crippen molar-refractivity contribution in [1.82, 2.24) is 10.2 Å². The molecule has 2 aromatic rings. The average Bonchev–Trinajstić information content (AvgIpc) is 2.82. The van der Waals surface area contributed by atoms with E-state index in [4.69, 9.17) is 9.47 Å². The van der Waals surface area contributed by atoms with Gasteiger partial charge < -0.3 is 19.7 Å². The zero-order chi connectivity index (χ0) is 20.8. The number of carbonyl (C=O) groups is 1. The second-order valence-corrected chi connectivity index (χ2v) is 7.63. The van der Waals surface area contributed by atoms with Crippen LogP contribution < -0.4 is 19.7 Å². The maximum Gasteiger partial charge on any atom is 0.250 e. The summed E-state index contributed by atoms with van der Waals surface area (Å²) in [6.07, 6.45) is 2.87. The Morgan fingerprint density at radius 2 is 1.83 bits per heavy atom. The molecule has 1 saturated heterocycles. The SMILES string of the molecule is COc1ccc(N2CCN(CCCNC(=O)C3=Cc4ccccc4OC3)CC2)cc1. The summed E-state index contributed by atoms with van der Waals surface area (Å²) in [4.78, 5) is 17.3. The van der Waals surface area contributed by atoms with Crippen molar-refractivity contribution in [1.29, 1.82) is 0 Å². The molecule has 0 aliphatic carbocycles. The average molecular weight is 408 g/mol. The number of amides is 1. The predicted octanol–water partition coefficient (Wildman–Crippen LogP) is 2.80. The van der Waals surface area contributed by atoms with Crippen molar-refractivity contribution in [2.75, 3.05) is 57.9 Å². The normalized spacial score (nSPS) is 16.3. The fraction of sp³-hybridized carbons (Fsp3) is 0.375. The fourth-order valence-corrected chi connectivity index (χ4v) is 3.89. The maximum absolute atomic E-state index is 12.4. The largest absolute Gasteiger partial charge is 0.497 e.